The Labute approximate surface area is 122 Å². The summed E-state index contributed by atoms with van der Waals surface area (Å²) >= 11 is 5.88. The van der Waals surface area contributed by atoms with Gasteiger partial charge in [0, 0.05) is 17.6 Å². The van der Waals surface area contributed by atoms with Crippen molar-refractivity contribution in [2.45, 2.75) is 13.0 Å². The number of nitriles is 1. The van der Waals surface area contributed by atoms with Crippen molar-refractivity contribution in [3.63, 3.8) is 0 Å². The van der Waals surface area contributed by atoms with Crippen molar-refractivity contribution in [1.29, 1.82) is 5.26 Å². The van der Waals surface area contributed by atoms with Crippen LogP contribution < -0.4 is 11.3 Å². The first-order valence-electron chi connectivity index (χ1n) is 6.20. The molecule has 1 aromatic carbocycles. The zero-order valence-electron chi connectivity index (χ0n) is 11.0. The molecule has 0 aliphatic heterocycles. The normalized spacial score (nSPS) is 11.9. The lowest BCUT2D eigenvalue weighted by molar-refractivity contribution is 0.545. The summed E-state index contributed by atoms with van der Waals surface area (Å²) in [5, 5.41) is 9.61. The number of rotatable bonds is 3. The van der Waals surface area contributed by atoms with Crippen molar-refractivity contribution in [2.75, 3.05) is 6.54 Å². The Hall–Kier alpha value is -2.09. The number of nitrogens with two attached hydrogens (primary N) is 1. The molecular weight excluding hydrogens is 274 g/mol. The second-order valence-corrected chi connectivity index (χ2v) is 4.95. The van der Waals surface area contributed by atoms with Crippen molar-refractivity contribution >= 4 is 11.6 Å². The van der Waals surface area contributed by atoms with Crippen LogP contribution in [0.5, 0.6) is 0 Å². The molecule has 5 heteroatoms. The van der Waals surface area contributed by atoms with E-state index >= 15 is 0 Å². The smallest absolute Gasteiger partial charge is 0.269 e. The number of aromatic nitrogens is 1. The summed E-state index contributed by atoms with van der Waals surface area (Å²) in [5.74, 6) is 0. The van der Waals surface area contributed by atoms with Crippen molar-refractivity contribution < 1.29 is 0 Å². The maximum atomic E-state index is 12.3. The van der Waals surface area contributed by atoms with Crippen LogP contribution in [0.2, 0.25) is 5.02 Å². The van der Waals surface area contributed by atoms with Crippen molar-refractivity contribution in [2.24, 2.45) is 5.73 Å². The van der Waals surface area contributed by atoms with Gasteiger partial charge in [-0.15, -0.1) is 0 Å². The van der Waals surface area contributed by atoms with E-state index in [1.54, 1.807) is 22.8 Å². The van der Waals surface area contributed by atoms with Crippen molar-refractivity contribution in [1.82, 2.24) is 4.57 Å². The van der Waals surface area contributed by atoms with Crippen LogP contribution in [0.15, 0.2) is 41.2 Å². The fraction of sp³-hybridized carbons (Fsp3) is 0.200. The highest BCUT2D eigenvalue weighted by atomic mass is 35.5. The third-order valence-electron chi connectivity index (χ3n) is 3.16. The molecule has 102 valence electrons. The van der Waals surface area contributed by atoms with Crippen LogP contribution in [0.4, 0.5) is 0 Å². The Morgan fingerprint density at radius 2 is 1.95 bits per heavy atom. The summed E-state index contributed by atoms with van der Waals surface area (Å²) in [6.07, 6.45) is 0. The van der Waals surface area contributed by atoms with Crippen LogP contribution in [-0.4, -0.2) is 11.1 Å². The van der Waals surface area contributed by atoms with Gasteiger partial charge in [0.05, 0.1) is 5.69 Å². The molecule has 0 aliphatic carbocycles. The zero-order valence-corrected chi connectivity index (χ0v) is 11.8. The van der Waals surface area contributed by atoms with E-state index in [9.17, 15) is 4.79 Å². The molecule has 0 aliphatic rings. The van der Waals surface area contributed by atoms with Crippen molar-refractivity contribution in [3.8, 4) is 17.3 Å². The van der Waals surface area contributed by atoms with E-state index in [0.29, 0.717) is 11.6 Å². The topological polar surface area (TPSA) is 71.8 Å². The van der Waals surface area contributed by atoms with Gasteiger partial charge in [-0.2, -0.15) is 5.26 Å². The lowest BCUT2D eigenvalue weighted by Crippen LogP contribution is -2.30. The quantitative estimate of drug-likeness (QED) is 0.943. The number of pyridine rings is 1. The molecule has 1 heterocycles. The fourth-order valence-electron chi connectivity index (χ4n) is 2.04. The predicted octanol–water partition coefficient (Wildman–Crippen LogP) is 2.56. The van der Waals surface area contributed by atoms with Gasteiger partial charge in [0.2, 0.25) is 0 Å². The lowest BCUT2D eigenvalue weighted by atomic mass is 10.1. The van der Waals surface area contributed by atoms with Crippen LogP contribution in [0.25, 0.3) is 11.3 Å². The molecule has 20 heavy (non-hydrogen) atoms. The molecule has 2 aromatic rings. The maximum absolute atomic E-state index is 12.3. The molecule has 0 spiro atoms. The van der Waals surface area contributed by atoms with Crippen LogP contribution in [0, 0.1) is 11.3 Å². The first-order chi connectivity index (χ1) is 9.58. The highest BCUT2D eigenvalue weighted by Crippen LogP contribution is 2.23. The minimum absolute atomic E-state index is 0.114. The molecule has 0 saturated carbocycles. The van der Waals surface area contributed by atoms with E-state index in [1.807, 2.05) is 25.1 Å². The highest BCUT2D eigenvalue weighted by Gasteiger charge is 2.14. The number of halogens is 1. The van der Waals surface area contributed by atoms with Crippen LogP contribution in [0.1, 0.15) is 18.5 Å². The van der Waals surface area contributed by atoms with E-state index in [4.69, 9.17) is 22.6 Å². The fourth-order valence-corrected chi connectivity index (χ4v) is 2.16. The Bertz CT molecular complexity index is 713. The summed E-state index contributed by atoms with van der Waals surface area (Å²) in [7, 11) is 0. The van der Waals surface area contributed by atoms with Crippen LogP contribution in [-0.2, 0) is 0 Å². The van der Waals surface area contributed by atoms with Gasteiger partial charge in [0.1, 0.15) is 11.6 Å². The van der Waals surface area contributed by atoms with Gasteiger partial charge in [-0.3, -0.25) is 4.79 Å². The standard InChI is InChI=1S/C15H14ClN3O/c1-10(8-17)19-14(7-4-12(9-18)15(19)20)11-2-5-13(16)6-3-11/h2-7,10H,8,17H2,1H3. The minimum Gasteiger partial charge on any atom is -0.328 e. The van der Waals surface area contributed by atoms with Crippen LogP contribution >= 0.6 is 11.6 Å². The molecule has 2 rings (SSSR count). The first-order valence-corrected chi connectivity index (χ1v) is 6.58. The molecule has 2 N–H and O–H groups in total. The van der Waals surface area contributed by atoms with E-state index in [-0.39, 0.29) is 17.2 Å². The summed E-state index contributed by atoms with van der Waals surface area (Å²) < 4.78 is 1.56. The molecule has 1 unspecified atom stereocenters. The van der Waals surface area contributed by atoms with Crippen molar-refractivity contribution in [3.05, 3.63) is 57.3 Å². The molecule has 0 fully saturated rings. The SMILES string of the molecule is CC(CN)n1c(-c2ccc(Cl)cc2)ccc(C#N)c1=O. The molecule has 1 atom stereocenters. The minimum atomic E-state index is -0.321. The largest absolute Gasteiger partial charge is 0.328 e. The summed E-state index contributed by atoms with van der Waals surface area (Å²) in [4.78, 5) is 12.3. The van der Waals surface area contributed by atoms with Gasteiger partial charge in [-0.25, -0.2) is 0 Å². The molecule has 4 nitrogen and oxygen atoms in total. The second-order valence-electron chi connectivity index (χ2n) is 4.51. The average Bonchev–Trinajstić information content (AvgIpc) is 2.47. The van der Waals surface area contributed by atoms with Gasteiger partial charge >= 0.3 is 0 Å². The third kappa shape index (κ3) is 2.60. The number of nitrogens with zero attached hydrogens (tertiary/aromatic N) is 2. The average molecular weight is 288 g/mol. The van der Waals surface area contributed by atoms with E-state index in [2.05, 4.69) is 0 Å². The summed E-state index contributed by atoms with van der Waals surface area (Å²) in [6.45, 7) is 2.16. The van der Waals surface area contributed by atoms with Crippen LogP contribution in [0.3, 0.4) is 0 Å². The Morgan fingerprint density at radius 1 is 1.30 bits per heavy atom. The maximum Gasteiger partial charge on any atom is 0.269 e. The number of hydrogen-bond donors (Lipinski definition) is 1. The summed E-state index contributed by atoms with van der Waals surface area (Å²) in [5.41, 5.74) is 7.05. The van der Waals surface area contributed by atoms with Gasteiger partial charge in [-0.05, 0) is 36.8 Å². The van der Waals surface area contributed by atoms with E-state index in [1.165, 1.54) is 6.07 Å². The van der Waals surface area contributed by atoms with Gasteiger partial charge in [-0.1, -0.05) is 23.7 Å². The molecule has 0 bridgehead atoms. The monoisotopic (exact) mass is 287 g/mol. The molecule has 0 amide bonds. The van der Waals surface area contributed by atoms with Gasteiger partial charge in [0.15, 0.2) is 0 Å². The molecule has 1 aromatic heterocycles. The number of benzene rings is 1. The second kappa shape index (κ2) is 5.91. The number of hydrogen-bond acceptors (Lipinski definition) is 3. The van der Waals surface area contributed by atoms with E-state index < -0.39 is 0 Å². The predicted molar refractivity (Wildman–Crippen MR) is 79.6 cm³/mol. The van der Waals surface area contributed by atoms with E-state index in [0.717, 1.165) is 11.3 Å². The molecule has 0 radical (unpaired) electrons. The van der Waals surface area contributed by atoms with Gasteiger partial charge < -0.3 is 10.3 Å². The molecular formula is C15H14ClN3O. The Morgan fingerprint density at radius 3 is 2.50 bits per heavy atom. The zero-order chi connectivity index (χ0) is 14.7. The third-order valence-corrected chi connectivity index (χ3v) is 3.41. The van der Waals surface area contributed by atoms with Gasteiger partial charge in [0.25, 0.3) is 5.56 Å². The first kappa shape index (κ1) is 14.3. The molecule has 0 saturated heterocycles. The lowest BCUT2D eigenvalue weighted by Gasteiger charge is -2.18. The highest BCUT2D eigenvalue weighted by molar-refractivity contribution is 6.30. The Balaban J connectivity index is 2.70. The Kier molecular flexibility index (Phi) is 4.23. The summed E-state index contributed by atoms with van der Waals surface area (Å²) in [6, 6.07) is 12.2.